The number of rotatable bonds is 10. The summed E-state index contributed by atoms with van der Waals surface area (Å²) in [6, 6.07) is 18.6. The number of halogens is 1. The fraction of sp³-hybridized carbons (Fsp3) is 0.463. The van der Waals surface area contributed by atoms with Gasteiger partial charge in [-0.1, -0.05) is 67.9 Å². The Morgan fingerprint density at radius 3 is 2.34 bits per heavy atom. The lowest BCUT2D eigenvalue weighted by Crippen LogP contribution is -2.41. The maximum Gasteiger partial charge on any atom is 0.355 e. The lowest BCUT2D eigenvalue weighted by Gasteiger charge is -2.30. The summed E-state index contributed by atoms with van der Waals surface area (Å²) in [6.07, 6.45) is 3.29. The molecule has 0 atom stereocenters. The number of aryl methyl sites for hydroxylation is 3. The Bertz CT molecular complexity index is 1940. The zero-order valence-electron chi connectivity index (χ0n) is 31.1. The van der Waals surface area contributed by atoms with E-state index in [4.69, 9.17) is 31.9 Å². The summed E-state index contributed by atoms with van der Waals surface area (Å²) < 4.78 is 16.5. The van der Waals surface area contributed by atoms with Crippen LogP contribution in [0.3, 0.4) is 0 Å². The SMILES string of the molecule is CC.Cc1nn(C)c(C)c1-c1c(Cl)ccc2c(CCCOc3cccc4ccccc34)c(C(=O)OC(C)(C)C)n(CCN3CCC(N)CC3)c12. The Morgan fingerprint density at radius 2 is 1.66 bits per heavy atom. The van der Waals surface area contributed by atoms with Crippen molar-refractivity contribution < 1.29 is 14.3 Å². The van der Waals surface area contributed by atoms with Gasteiger partial charge in [0.25, 0.3) is 0 Å². The third kappa shape index (κ3) is 8.03. The van der Waals surface area contributed by atoms with Gasteiger partial charge in [-0.2, -0.15) is 5.10 Å². The number of ether oxygens (including phenoxy) is 2. The lowest BCUT2D eigenvalue weighted by molar-refractivity contribution is 0.00561. The smallest absolute Gasteiger partial charge is 0.355 e. The van der Waals surface area contributed by atoms with Crippen LogP contribution in [0.2, 0.25) is 5.02 Å². The number of hydrogen-bond donors (Lipinski definition) is 1. The molecule has 0 unspecified atom stereocenters. The highest BCUT2D eigenvalue weighted by Gasteiger charge is 2.31. The van der Waals surface area contributed by atoms with Crippen molar-refractivity contribution >= 4 is 39.2 Å². The van der Waals surface area contributed by atoms with E-state index in [9.17, 15) is 4.79 Å². The number of carbonyl (C=O) groups is 1. The number of piperidine rings is 1. The molecule has 0 bridgehead atoms. The van der Waals surface area contributed by atoms with Crippen molar-refractivity contribution in [3.8, 4) is 16.9 Å². The first-order valence-electron chi connectivity index (χ1n) is 18.1. The van der Waals surface area contributed by atoms with Crippen molar-refractivity contribution in [1.82, 2.24) is 19.2 Å². The summed E-state index contributed by atoms with van der Waals surface area (Å²) in [5.74, 6) is 0.534. The van der Waals surface area contributed by atoms with Crippen LogP contribution in [0.1, 0.15) is 81.3 Å². The second kappa shape index (κ2) is 16.0. The minimum Gasteiger partial charge on any atom is -0.493 e. The van der Waals surface area contributed by atoms with E-state index >= 15 is 0 Å². The molecule has 2 aromatic heterocycles. The molecule has 0 aliphatic carbocycles. The van der Waals surface area contributed by atoms with Crippen LogP contribution >= 0.6 is 11.6 Å². The van der Waals surface area contributed by atoms with Gasteiger partial charge in [-0.25, -0.2) is 4.79 Å². The van der Waals surface area contributed by atoms with E-state index in [1.165, 1.54) is 0 Å². The number of nitrogens with zero attached hydrogens (tertiary/aromatic N) is 4. The van der Waals surface area contributed by atoms with E-state index in [1.807, 2.05) is 83.6 Å². The molecule has 1 aliphatic heterocycles. The van der Waals surface area contributed by atoms with Gasteiger partial charge in [0, 0.05) is 53.8 Å². The van der Waals surface area contributed by atoms with Crippen molar-refractivity contribution in [3.05, 3.63) is 82.3 Å². The molecule has 3 aromatic carbocycles. The molecule has 5 aromatic rings. The molecule has 1 saturated heterocycles. The Hall–Kier alpha value is -3.85. The van der Waals surface area contributed by atoms with Gasteiger partial charge in [0.15, 0.2) is 0 Å². The summed E-state index contributed by atoms with van der Waals surface area (Å²) >= 11 is 7.11. The Kier molecular flexibility index (Phi) is 12.0. The topological polar surface area (TPSA) is 87.5 Å². The first-order valence-corrected chi connectivity index (χ1v) is 18.5. The van der Waals surface area contributed by atoms with Crippen LogP contribution in [0, 0.1) is 13.8 Å². The summed E-state index contributed by atoms with van der Waals surface area (Å²) in [5, 5.41) is 8.60. The zero-order chi connectivity index (χ0) is 36.2. The number of hydrogen-bond acceptors (Lipinski definition) is 6. The van der Waals surface area contributed by atoms with E-state index in [-0.39, 0.29) is 12.0 Å². The molecule has 6 rings (SSSR count). The van der Waals surface area contributed by atoms with Crippen molar-refractivity contribution in [2.75, 3.05) is 26.2 Å². The number of carbonyl (C=O) groups excluding carboxylic acids is 1. The minimum absolute atomic E-state index is 0.246. The van der Waals surface area contributed by atoms with Crippen LogP contribution in [0.4, 0.5) is 0 Å². The third-order valence-corrected chi connectivity index (χ3v) is 9.79. The lowest BCUT2D eigenvalue weighted by atomic mass is 9.98. The second-order valence-electron chi connectivity index (χ2n) is 14.1. The molecule has 9 heteroatoms. The van der Waals surface area contributed by atoms with Gasteiger partial charge in [-0.05, 0) is 96.5 Å². The van der Waals surface area contributed by atoms with Gasteiger partial charge in [0.1, 0.15) is 17.0 Å². The van der Waals surface area contributed by atoms with E-state index in [0.29, 0.717) is 36.7 Å². The first-order chi connectivity index (χ1) is 23.9. The Morgan fingerprint density at radius 1 is 0.960 bits per heavy atom. The van der Waals surface area contributed by atoms with Crippen LogP contribution in [-0.2, 0) is 24.8 Å². The van der Waals surface area contributed by atoms with E-state index < -0.39 is 5.60 Å². The molecular formula is C41H54ClN5O3. The fourth-order valence-corrected chi connectivity index (χ4v) is 7.32. The molecule has 0 radical (unpaired) electrons. The van der Waals surface area contributed by atoms with Crippen molar-refractivity contribution in [2.45, 2.75) is 92.3 Å². The second-order valence-corrected chi connectivity index (χ2v) is 14.5. The van der Waals surface area contributed by atoms with Gasteiger partial charge in [-0.15, -0.1) is 0 Å². The highest BCUT2D eigenvalue weighted by atomic mass is 35.5. The van der Waals surface area contributed by atoms with Gasteiger partial charge >= 0.3 is 5.97 Å². The van der Waals surface area contributed by atoms with Crippen LogP contribution in [0.5, 0.6) is 5.75 Å². The predicted octanol–water partition coefficient (Wildman–Crippen LogP) is 8.88. The normalized spacial score (nSPS) is 14.2. The maximum absolute atomic E-state index is 14.3. The van der Waals surface area contributed by atoms with Crippen molar-refractivity contribution in [3.63, 3.8) is 0 Å². The summed E-state index contributed by atoms with van der Waals surface area (Å²) in [5.41, 5.74) is 11.9. The number of likely N-dealkylation sites (tertiary alicyclic amines) is 1. The molecule has 0 amide bonds. The molecule has 1 aliphatic rings. The highest BCUT2D eigenvalue weighted by Crippen LogP contribution is 2.42. The van der Waals surface area contributed by atoms with Gasteiger partial charge in [0.05, 0.1) is 22.8 Å². The summed E-state index contributed by atoms with van der Waals surface area (Å²) in [7, 11) is 1.95. The molecule has 3 heterocycles. The average molecular weight is 700 g/mol. The zero-order valence-corrected chi connectivity index (χ0v) is 31.9. The Balaban J connectivity index is 0.00000239. The minimum atomic E-state index is -0.660. The van der Waals surface area contributed by atoms with E-state index in [0.717, 1.165) is 88.0 Å². The standard InChI is InChI=1S/C39H48ClN5O3.C2H6/c1-25-34(26(2)43(6)42-25)35-32(40)17-16-31-30(14-10-24-47-33-15-9-12-27-11-7-8-13-29(27)33)37(38(46)48-39(3,4)5)45(36(31)35)23-22-44-20-18-28(41)19-21-44;1-2/h7-9,11-13,15-17,28H,10,14,18-24,41H2,1-6H3;1-2H3. The van der Waals surface area contributed by atoms with Crippen LogP contribution in [0.15, 0.2) is 54.6 Å². The quantitative estimate of drug-likeness (QED) is 0.116. The van der Waals surface area contributed by atoms with Crippen LogP contribution < -0.4 is 10.5 Å². The molecule has 50 heavy (non-hydrogen) atoms. The third-order valence-electron chi connectivity index (χ3n) is 9.48. The number of benzene rings is 3. The predicted molar refractivity (Wildman–Crippen MR) is 207 cm³/mol. The molecule has 0 saturated carbocycles. The molecular weight excluding hydrogens is 646 g/mol. The van der Waals surface area contributed by atoms with E-state index in [1.54, 1.807) is 0 Å². The fourth-order valence-electron chi connectivity index (χ4n) is 7.07. The van der Waals surface area contributed by atoms with Crippen LogP contribution in [-0.4, -0.2) is 63.1 Å². The number of nitrogens with two attached hydrogens (primary N) is 1. The van der Waals surface area contributed by atoms with Gasteiger partial charge in [-0.3, -0.25) is 4.68 Å². The molecule has 268 valence electrons. The van der Waals surface area contributed by atoms with Crippen molar-refractivity contribution in [1.29, 1.82) is 0 Å². The molecule has 8 nitrogen and oxygen atoms in total. The summed E-state index contributed by atoms with van der Waals surface area (Å²) in [6.45, 7) is 17.6. The first kappa shape index (κ1) is 37.4. The number of esters is 1. The van der Waals surface area contributed by atoms with E-state index in [2.05, 4.69) is 40.7 Å². The molecule has 1 fully saturated rings. The number of fused-ring (bicyclic) bond motifs is 2. The Labute approximate surface area is 302 Å². The average Bonchev–Trinajstić information content (AvgIpc) is 3.54. The van der Waals surface area contributed by atoms with Crippen LogP contribution in [0.25, 0.3) is 32.8 Å². The molecule has 2 N–H and O–H groups in total. The van der Waals surface area contributed by atoms with Gasteiger partial charge < -0.3 is 24.7 Å². The summed E-state index contributed by atoms with van der Waals surface area (Å²) in [4.78, 5) is 16.7. The van der Waals surface area contributed by atoms with Gasteiger partial charge in [0.2, 0.25) is 0 Å². The highest BCUT2D eigenvalue weighted by molar-refractivity contribution is 6.35. The monoisotopic (exact) mass is 699 g/mol. The maximum atomic E-state index is 14.3. The molecule has 0 spiro atoms. The van der Waals surface area contributed by atoms with Crippen molar-refractivity contribution in [2.24, 2.45) is 12.8 Å². The number of aromatic nitrogens is 3. The largest absolute Gasteiger partial charge is 0.493 e.